The van der Waals surface area contributed by atoms with E-state index in [1.807, 2.05) is 11.6 Å². The highest BCUT2D eigenvalue weighted by Crippen LogP contribution is 2.23. The molecule has 0 saturated heterocycles. The number of hydrogen-bond acceptors (Lipinski definition) is 2. The second-order valence-electron chi connectivity index (χ2n) is 4.36. The van der Waals surface area contributed by atoms with Crippen molar-refractivity contribution in [1.82, 2.24) is 14.8 Å². The molecule has 18 heavy (non-hydrogen) atoms. The van der Waals surface area contributed by atoms with Gasteiger partial charge in [0.2, 0.25) is 0 Å². The minimum Gasteiger partial charge on any atom is -0.235 e. The number of hydrogen-bond donors (Lipinski definition) is 0. The predicted octanol–water partition coefficient (Wildman–Crippen LogP) is 3.80. The first-order valence-corrected chi connectivity index (χ1v) is 6.52. The largest absolute Gasteiger partial charge is 0.235 e. The standard InChI is InChI=1S/C14H12BrN3/c1-9-3-5-12(6-4-9)18-14-13(10(2)17-18)7-11(15)8-16-14/h3-8H,1-2H3. The van der Waals surface area contributed by atoms with E-state index >= 15 is 0 Å². The quantitative estimate of drug-likeness (QED) is 0.684. The zero-order chi connectivity index (χ0) is 12.7. The highest BCUT2D eigenvalue weighted by Gasteiger charge is 2.10. The zero-order valence-corrected chi connectivity index (χ0v) is 11.8. The molecule has 0 unspecified atom stereocenters. The van der Waals surface area contributed by atoms with Crippen molar-refractivity contribution in [2.45, 2.75) is 13.8 Å². The van der Waals surface area contributed by atoms with E-state index < -0.39 is 0 Å². The molecule has 0 aliphatic heterocycles. The number of pyridine rings is 1. The average Bonchev–Trinajstić information content (AvgIpc) is 2.68. The van der Waals surface area contributed by atoms with Crippen LogP contribution in [0.15, 0.2) is 41.0 Å². The van der Waals surface area contributed by atoms with E-state index in [4.69, 9.17) is 0 Å². The van der Waals surface area contributed by atoms with E-state index in [0.29, 0.717) is 0 Å². The topological polar surface area (TPSA) is 30.7 Å². The number of rotatable bonds is 1. The van der Waals surface area contributed by atoms with Gasteiger partial charge in [0.05, 0.1) is 11.4 Å². The second-order valence-corrected chi connectivity index (χ2v) is 5.27. The van der Waals surface area contributed by atoms with Crippen LogP contribution in [0.4, 0.5) is 0 Å². The molecule has 0 radical (unpaired) electrons. The van der Waals surface area contributed by atoms with Gasteiger partial charge in [-0.3, -0.25) is 0 Å². The first kappa shape index (κ1) is 11.4. The molecule has 0 aliphatic rings. The SMILES string of the molecule is Cc1ccc(-n2nc(C)c3cc(Br)cnc32)cc1. The summed E-state index contributed by atoms with van der Waals surface area (Å²) in [4.78, 5) is 4.45. The molecular weight excluding hydrogens is 290 g/mol. The van der Waals surface area contributed by atoms with Crippen LogP contribution in [0, 0.1) is 13.8 Å². The van der Waals surface area contributed by atoms with Gasteiger partial charge in [0.15, 0.2) is 5.65 Å². The summed E-state index contributed by atoms with van der Waals surface area (Å²) in [7, 11) is 0. The number of halogens is 1. The number of aromatic nitrogens is 3. The molecule has 4 heteroatoms. The van der Waals surface area contributed by atoms with Crippen LogP contribution in [-0.2, 0) is 0 Å². The summed E-state index contributed by atoms with van der Waals surface area (Å²) in [6, 6.07) is 10.3. The van der Waals surface area contributed by atoms with E-state index in [0.717, 1.165) is 26.9 Å². The summed E-state index contributed by atoms with van der Waals surface area (Å²) in [6.07, 6.45) is 1.80. The maximum Gasteiger partial charge on any atom is 0.163 e. The third-order valence-corrected chi connectivity index (χ3v) is 3.39. The van der Waals surface area contributed by atoms with E-state index in [-0.39, 0.29) is 0 Å². The van der Waals surface area contributed by atoms with Crippen molar-refractivity contribution in [3.8, 4) is 5.69 Å². The average molecular weight is 302 g/mol. The monoisotopic (exact) mass is 301 g/mol. The summed E-state index contributed by atoms with van der Waals surface area (Å²) >= 11 is 3.44. The Morgan fingerprint density at radius 2 is 1.83 bits per heavy atom. The lowest BCUT2D eigenvalue weighted by Crippen LogP contribution is -1.97. The van der Waals surface area contributed by atoms with Gasteiger partial charge >= 0.3 is 0 Å². The van der Waals surface area contributed by atoms with Crippen LogP contribution in [0.2, 0.25) is 0 Å². The molecule has 3 aromatic rings. The molecule has 0 fully saturated rings. The maximum absolute atomic E-state index is 4.56. The summed E-state index contributed by atoms with van der Waals surface area (Å²) in [5.41, 5.74) is 4.15. The van der Waals surface area contributed by atoms with Crippen LogP contribution >= 0.6 is 15.9 Å². The molecule has 0 bridgehead atoms. The van der Waals surface area contributed by atoms with Gasteiger partial charge < -0.3 is 0 Å². The van der Waals surface area contributed by atoms with Crippen molar-refractivity contribution in [3.05, 3.63) is 52.3 Å². The third-order valence-electron chi connectivity index (χ3n) is 2.95. The fourth-order valence-electron chi connectivity index (χ4n) is 1.98. The van der Waals surface area contributed by atoms with Crippen LogP contribution in [0.5, 0.6) is 0 Å². The molecule has 2 aromatic heterocycles. The fraction of sp³-hybridized carbons (Fsp3) is 0.143. The summed E-state index contributed by atoms with van der Waals surface area (Å²) < 4.78 is 2.86. The van der Waals surface area contributed by atoms with E-state index in [2.05, 4.69) is 63.3 Å². The number of aryl methyl sites for hydroxylation is 2. The normalized spacial score (nSPS) is 11.1. The van der Waals surface area contributed by atoms with Crippen molar-refractivity contribution >= 4 is 27.0 Å². The van der Waals surface area contributed by atoms with Crippen molar-refractivity contribution < 1.29 is 0 Å². The van der Waals surface area contributed by atoms with Gasteiger partial charge in [-0.05, 0) is 48.0 Å². The van der Waals surface area contributed by atoms with Gasteiger partial charge in [0.25, 0.3) is 0 Å². The lowest BCUT2D eigenvalue weighted by atomic mass is 10.2. The lowest BCUT2D eigenvalue weighted by molar-refractivity contribution is 0.877. The molecular formula is C14H12BrN3. The molecule has 0 spiro atoms. The smallest absolute Gasteiger partial charge is 0.163 e. The number of fused-ring (bicyclic) bond motifs is 1. The summed E-state index contributed by atoms with van der Waals surface area (Å²) in [6.45, 7) is 4.08. The van der Waals surface area contributed by atoms with Gasteiger partial charge in [-0.1, -0.05) is 17.7 Å². The number of benzene rings is 1. The van der Waals surface area contributed by atoms with Crippen molar-refractivity contribution in [2.75, 3.05) is 0 Å². The van der Waals surface area contributed by atoms with Crippen molar-refractivity contribution in [1.29, 1.82) is 0 Å². The maximum atomic E-state index is 4.56. The molecule has 3 nitrogen and oxygen atoms in total. The van der Waals surface area contributed by atoms with Gasteiger partial charge in [0.1, 0.15) is 0 Å². The Kier molecular flexibility index (Phi) is 2.67. The van der Waals surface area contributed by atoms with Crippen LogP contribution in [0.1, 0.15) is 11.3 Å². The first-order valence-electron chi connectivity index (χ1n) is 5.73. The summed E-state index contributed by atoms with van der Waals surface area (Å²) in [5, 5.41) is 5.64. The van der Waals surface area contributed by atoms with Gasteiger partial charge in [0, 0.05) is 16.1 Å². The van der Waals surface area contributed by atoms with E-state index in [9.17, 15) is 0 Å². The van der Waals surface area contributed by atoms with Crippen LogP contribution in [-0.4, -0.2) is 14.8 Å². The van der Waals surface area contributed by atoms with Crippen molar-refractivity contribution in [2.24, 2.45) is 0 Å². The summed E-state index contributed by atoms with van der Waals surface area (Å²) in [5.74, 6) is 0. The minimum absolute atomic E-state index is 0.888. The molecule has 90 valence electrons. The molecule has 3 rings (SSSR count). The Hall–Kier alpha value is -1.68. The Bertz CT molecular complexity index is 714. The molecule has 0 N–H and O–H groups in total. The first-order chi connectivity index (χ1) is 8.65. The molecule has 0 saturated carbocycles. The predicted molar refractivity (Wildman–Crippen MR) is 76.0 cm³/mol. The van der Waals surface area contributed by atoms with Crippen LogP contribution in [0.3, 0.4) is 0 Å². The molecule has 0 amide bonds. The van der Waals surface area contributed by atoms with Crippen LogP contribution < -0.4 is 0 Å². The lowest BCUT2D eigenvalue weighted by Gasteiger charge is -2.03. The van der Waals surface area contributed by atoms with Gasteiger partial charge in [-0.2, -0.15) is 5.10 Å². The second kappa shape index (κ2) is 4.21. The van der Waals surface area contributed by atoms with Gasteiger partial charge in [-0.15, -0.1) is 0 Å². The third kappa shape index (κ3) is 1.82. The molecule has 1 aromatic carbocycles. The Morgan fingerprint density at radius 1 is 1.11 bits per heavy atom. The highest BCUT2D eigenvalue weighted by atomic mass is 79.9. The molecule has 0 atom stereocenters. The molecule has 0 aliphatic carbocycles. The Morgan fingerprint density at radius 3 is 2.56 bits per heavy atom. The van der Waals surface area contributed by atoms with Gasteiger partial charge in [-0.25, -0.2) is 9.67 Å². The van der Waals surface area contributed by atoms with Crippen molar-refractivity contribution in [3.63, 3.8) is 0 Å². The van der Waals surface area contributed by atoms with Crippen LogP contribution in [0.25, 0.3) is 16.7 Å². The fourth-order valence-corrected chi connectivity index (χ4v) is 2.32. The minimum atomic E-state index is 0.888. The van der Waals surface area contributed by atoms with E-state index in [1.165, 1.54) is 5.56 Å². The zero-order valence-electron chi connectivity index (χ0n) is 10.2. The Balaban J connectivity index is 2.26. The number of nitrogens with zero attached hydrogens (tertiary/aromatic N) is 3. The Labute approximate surface area is 114 Å². The molecule has 2 heterocycles. The van der Waals surface area contributed by atoms with E-state index in [1.54, 1.807) is 6.20 Å². The highest BCUT2D eigenvalue weighted by molar-refractivity contribution is 9.10.